The second-order valence-electron chi connectivity index (χ2n) is 4.24. The molecule has 0 bridgehead atoms. The van der Waals surface area contributed by atoms with Crippen molar-refractivity contribution in [2.24, 2.45) is 5.73 Å². The Labute approximate surface area is 155 Å². The van der Waals surface area contributed by atoms with Gasteiger partial charge in [-0.25, -0.2) is 0 Å². The summed E-state index contributed by atoms with van der Waals surface area (Å²) in [5.41, 5.74) is 6.99. The average Bonchev–Trinajstić information content (AvgIpc) is 2.81. The van der Waals surface area contributed by atoms with E-state index in [1.165, 1.54) is 11.3 Å². The van der Waals surface area contributed by atoms with E-state index in [0.717, 1.165) is 2.88 Å². The number of hydrogen-bond donors (Lipinski definition) is 2. The molecule has 1 amide bonds. The number of nitrogens with one attached hydrogen (secondary N) is 1. The van der Waals surface area contributed by atoms with Crippen LogP contribution in [0.25, 0.3) is 11.1 Å². The first-order chi connectivity index (χ1) is 10.5. The van der Waals surface area contributed by atoms with Crippen molar-refractivity contribution in [3.8, 4) is 17.2 Å². The van der Waals surface area contributed by atoms with Gasteiger partial charge in [0.15, 0.2) is 0 Å². The van der Waals surface area contributed by atoms with E-state index >= 15 is 0 Å². The highest BCUT2D eigenvalue weighted by Crippen LogP contribution is 2.40. The number of nitrogens with zero attached hydrogens (tertiary/aromatic N) is 1. The standard InChI is InChI=1S/C14H10Cl2IN3OS/c15-7-1-2-8(10(16)5-7)11-9(6-19)13(17)22-12(11)14(21)20-4-3-18/h1-2,5H,3-4,18H2,(H,20,21). The van der Waals surface area contributed by atoms with Crippen molar-refractivity contribution < 1.29 is 4.79 Å². The van der Waals surface area contributed by atoms with E-state index in [0.29, 0.717) is 44.7 Å². The van der Waals surface area contributed by atoms with Crippen LogP contribution in [0.1, 0.15) is 15.2 Å². The number of halogens is 3. The summed E-state index contributed by atoms with van der Waals surface area (Å²) in [6.07, 6.45) is 0. The molecule has 0 radical (unpaired) electrons. The van der Waals surface area contributed by atoms with Crippen LogP contribution in [0.5, 0.6) is 0 Å². The fraction of sp³-hybridized carbons (Fsp3) is 0.143. The van der Waals surface area contributed by atoms with Gasteiger partial charge in [-0.3, -0.25) is 4.79 Å². The van der Waals surface area contributed by atoms with Crippen molar-refractivity contribution in [2.45, 2.75) is 0 Å². The molecule has 0 aliphatic rings. The van der Waals surface area contributed by atoms with Crippen LogP contribution >= 0.6 is 57.1 Å². The Morgan fingerprint density at radius 2 is 2.18 bits per heavy atom. The first-order valence-corrected chi connectivity index (χ1v) is 8.80. The Morgan fingerprint density at radius 1 is 1.45 bits per heavy atom. The summed E-state index contributed by atoms with van der Waals surface area (Å²) in [7, 11) is 0. The lowest BCUT2D eigenvalue weighted by Crippen LogP contribution is -2.28. The minimum Gasteiger partial charge on any atom is -0.350 e. The highest BCUT2D eigenvalue weighted by Gasteiger charge is 2.24. The van der Waals surface area contributed by atoms with Gasteiger partial charge in [-0.1, -0.05) is 29.3 Å². The molecule has 0 saturated carbocycles. The van der Waals surface area contributed by atoms with Crippen LogP contribution in [0, 0.1) is 14.2 Å². The van der Waals surface area contributed by atoms with E-state index in [4.69, 9.17) is 28.9 Å². The lowest BCUT2D eigenvalue weighted by atomic mass is 10.0. The summed E-state index contributed by atoms with van der Waals surface area (Å²) in [5, 5.41) is 13.0. The van der Waals surface area contributed by atoms with Crippen molar-refractivity contribution >= 4 is 63.0 Å². The van der Waals surface area contributed by atoms with Gasteiger partial charge in [0.25, 0.3) is 5.91 Å². The molecule has 0 spiro atoms. The molecule has 0 saturated heterocycles. The lowest BCUT2D eigenvalue weighted by Gasteiger charge is -2.08. The molecule has 0 aliphatic heterocycles. The zero-order valence-electron chi connectivity index (χ0n) is 11.1. The van der Waals surface area contributed by atoms with Gasteiger partial charge >= 0.3 is 0 Å². The number of carbonyl (C=O) groups excluding carboxylic acids is 1. The summed E-state index contributed by atoms with van der Waals surface area (Å²) in [4.78, 5) is 12.8. The Hall–Kier alpha value is -0.850. The van der Waals surface area contributed by atoms with Crippen molar-refractivity contribution in [3.63, 3.8) is 0 Å². The van der Waals surface area contributed by atoms with Crippen LogP contribution < -0.4 is 11.1 Å². The third-order valence-corrected chi connectivity index (χ3v) is 5.54. The Bertz CT molecular complexity index is 770. The summed E-state index contributed by atoms with van der Waals surface area (Å²) in [6.45, 7) is 0.708. The molecular weight excluding hydrogens is 456 g/mol. The van der Waals surface area contributed by atoms with Crippen molar-refractivity contribution in [1.82, 2.24) is 5.32 Å². The molecule has 1 aromatic carbocycles. The number of nitriles is 1. The Balaban J connectivity index is 2.62. The van der Waals surface area contributed by atoms with E-state index in [2.05, 4.69) is 11.4 Å². The summed E-state index contributed by atoms with van der Waals surface area (Å²) < 4.78 is 0.735. The molecule has 0 aliphatic carbocycles. The number of carbonyl (C=O) groups is 1. The van der Waals surface area contributed by atoms with Gasteiger partial charge in [0.05, 0.1) is 8.45 Å². The molecule has 2 rings (SSSR count). The van der Waals surface area contributed by atoms with E-state index in [-0.39, 0.29) is 5.91 Å². The molecule has 22 heavy (non-hydrogen) atoms. The molecule has 2 aromatic rings. The highest BCUT2D eigenvalue weighted by molar-refractivity contribution is 14.1. The first kappa shape index (κ1) is 17.5. The van der Waals surface area contributed by atoms with Crippen LogP contribution in [0.3, 0.4) is 0 Å². The molecule has 0 fully saturated rings. The average molecular weight is 466 g/mol. The van der Waals surface area contributed by atoms with Crippen LogP contribution in [-0.2, 0) is 0 Å². The molecule has 114 valence electrons. The predicted molar refractivity (Wildman–Crippen MR) is 98.6 cm³/mol. The van der Waals surface area contributed by atoms with E-state index < -0.39 is 0 Å². The lowest BCUT2D eigenvalue weighted by molar-refractivity contribution is 0.0959. The molecule has 1 aromatic heterocycles. The molecule has 0 atom stereocenters. The molecule has 1 heterocycles. The van der Waals surface area contributed by atoms with Crippen molar-refractivity contribution in [1.29, 1.82) is 5.26 Å². The monoisotopic (exact) mass is 465 g/mol. The predicted octanol–water partition coefficient (Wildman–Crippen LogP) is 3.89. The number of thiophene rings is 1. The maximum absolute atomic E-state index is 12.3. The third-order valence-electron chi connectivity index (χ3n) is 2.81. The second-order valence-corrected chi connectivity index (χ2v) is 7.91. The van der Waals surface area contributed by atoms with E-state index in [1.807, 2.05) is 22.6 Å². The Kier molecular flexibility index (Phi) is 6.06. The van der Waals surface area contributed by atoms with Crippen molar-refractivity contribution in [2.75, 3.05) is 13.1 Å². The number of amides is 1. The fourth-order valence-electron chi connectivity index (χ4n) is 1.88. The topological polar surface area (TPSA) is 78.9 Å². The first-order valence-electron chi connectivity index (χ1n) is 6.15. The minimum atomic E-state index is -0.268. The van der Waals surface area contributed by atoms with E-state index in [1.54, 1.807) is 18.2 Å². The largest absolute Gasteiger partial charge is 0.350 e. The van der Waals surface area contributed by atoms with Gasteiger partial charge in [-0.15, -0.1) is 11.3 Å². The minimum absolute atomic E-state index is 0.268. The normalized spacial score (nSPS) is 10.3. The maximum Gasteiger partial charge on any atom is 0.262 e. The molecular formula is C14H10Cl2IN3OS. The quantitative estimate of drug-likeness (QED) is 0.672. The zero-order chi connectivity index (χ0) is 16.3. The molecule has 3 N–H and O–H groups in total. The second kappa shape index (κ2) is 7.62. The SMILES string of the molecule is N#Cc1c(I)sc(C(=O)NCCN)c1-c1ccc(Cl)cc1Cl. The number of nitrogens with two attached hydrogens (primary N) is 1. The zero-order valence-corrected chi connectivity index (χ0v) is 15.6. The highest BCUT2D eigenvalue weighted by atomic mass is 127. The third kappa shape index (κ3) is 3.55. The van der Waals surface area contributed by atoms with Gasteiger partial charge in [0, 0.05) is 34.3 Å². The van der Waals surface area contributed by atoms with Crippen LogP contribution in [0.15, 0.2) is 18.2 Å². The van der Waals surface area contributed by atoms with Crippen LogP contribution in [-0.4, -0.2) is 19.0 Å². The van der Waals surface area contributed by atoms with Gasteiger partial charge in [0.1, 0.15) is 10.9 Å². The molecule has 4 nitrogen and oxygen atoms in total. The van der Waals surface area contributed by atoms with Gasteiger partial charge in [-0.05, 0) is 34.7 Å². The number of benzene rings is 1. The number of rotatable bonds is 4. The fourth-order valence-corrected chi connectivity index (χ4v) is 4.34. The molecule has 8 heteroatoms. The summed E-state index contributed by atoms with van der Waals surface area (Å²) in [5.74, 6) is -0.268. The van der Waals surface area contributed by atoms with Crippen LogP contribution in [0.4, 0.5) is 0 Å². The van der Waals surface area contributed by atoms with E-state index in [9.17, 15) is 10.1 Å². The summed E-state index contributed by atoms with van der Waals surface area (Å²) in [6, 6.07) is 7.12. The maximum atomic E-state index is 12.3. The van der Waals surface area contributed by atoms with Gasteiger partial charge in [0.2, 0.25) is 0 Å². The Morgan fingerprint density at radius 3 is 2.77 bits per heavy atom. The van der Waals surface area contributed by atoms with Gasteiger partial charge < -0.3 is 11.1 Å². The van der Waals surface area contributed by atoms with Gasteiger partial charge in [-0.2, -0.15) is 5.26 Å². The number of hydrogen-bond acceptors (Lipinski definition) is 4. The smallest absolute Gasteiger partial charge is 0.262 e. The van der Waals surface area contributed by atoms with Crippen LogP contribution in [0.2, 0.25) is 10.0 Å². The van der Waals surface area contributed by atoms with Crippen molar-refractivity contribution in [3.05, 3.63) is 41.6 Å². The molecule has 0 unspecified atom stereocenters. The summed E-state index contributed by atoms with van der Waals surface area (Å²) >= 11 is 15.4.